The van der Waals surface area contributed by atoms with Gasteiger partial charge in [0.25, 0.3) is 6.02 Å². The molecule has 7 nitrogen and oxygen atoms in total. The number of nitrogens with two attached hydrogens (primary N) is 1. The van der Waals surface area contributed by atoms with E-state index in [-0.39, 0.29) is 18.0 Å². The monoisotopic (exact) mass is 433 g/mol. The fourth-order valence-electron chi connectivity index (χ4n) is 4.27. The van der Waals surface area contributed by atoms with Crippen molar-refractivity contribution >= 4 is 6.02 Å². The Morgan fingerprint density at radius 3 is 2.41 bits per heavy atom. The van der Waals surface area contributed by atoms with Gasteiger partial charge in [0.2, 0.25) is 0 Å². The number of aryl methyl sites for hydroxylation is 2. The van der Waals surface area contributed by atoms with Crippen molar-refractivity contribution < 1.29 is 18.7 Å². The summed E-state index contributed by atoms with van der Waals surface area (Å²) in [5, 5.41) is 4.10. The molecule has 0 fully saturated rings. The summed E-state index contributed by atoms with van der Waals surface area (Å²) in [4.78, 5) is 4.78. The summed E-state index contributed by atoms with van der Waals surface area (Å²) in [6.07, 6.45) is 0. The standard InChI is InChI=1S/C25H27N3O4/c1-14-22(15(2)32-28-14)16-6-8-20-18(10-16)25(13-30-23(26)27-25)19-11-17(7-9-21(19)31-20)29-12-24(3,4)5/h6-11H,12-13H2,1-5H3,(H2,26,27)/t25-/m0/s1. The van der Waals surface area contributed by atoms with E-state index in [0.717, 1.165) is 45.2 Å². The van der Waals surface area contributed by atoms with Crippen LogP contribution in [0, 0.1) is 19.3 Å². The van der Waals surface area contributed by atoms with Crippen LogP contribution < -0.4 is 15.2 Å². The molecule has 1 atom stereocenters. The summed E-state index contributed by atoms with van der Waals surface area (Å²) in [6, 6.07) is 12.0. The van der Waals surface area contributed by atoms with Crippen LogP contribution in [0.3, 0.4) is 0 Å². The summed E-state index contributed by atoms with van der Waals surface area (Å²) < 4.78 is 23.4. The number of nitrogens with zero attached hydrogens (tertiary/aromatic N) is 2. The Morgan fingerprint density at radius 1 is 1.06 bits per heavy atom. The predicted octanol–water partition coefficient (Wildman–Crippen LogP) is 5.08. The van der Waals surface area contributed by atoms with Crippen molar-refractivity contribution in [2.75, 3.05) is 13.2 Å². The summed E-state index contributed by atoms with van der Waals surface area (Å²) >= 11 is 0. The maximum Gasteiger partial charge on any atom is 0.283 e. The van der Waals surface area contributed by atoms with E-state index < -0.39 is 5.54 Å². The third-order valence-corrected chi connectivity index (χ3v) is 5.77. The Morgan fingerprint density at radius 2 is 1.78 bits per heavy atom. The minimum atomic E-state index is -0.816. The fraction of sp³-hybridized carbons (Fsp3) is 0.360. The minimum absolute atomic E-state index is 0.0407. The largest absolute Gasteiger partial charge is 0.493 e. The third kappa shape index (κ3) is 3.28. The lowest BCUT2D eigenvalue weighted by atomic mass is 9.80. The van der Waals surface area contributed by atoms with Crippen LogP contribution in [0.15, 0.2) is 45.9 Å². The molecule has 3 heterocycles. The van der Waals surface area contributed by atoms with Crippen LogP contribution in [0.25, 0.3) is 11.1 Å². The lowest BCUT2D eigenvalue weighted by Gasteiger charge is -2.34. The second kappa shape index (κ2) is 7.02. The minimum Gasteiger partial charge on any atom is -0.493 e. The molecule has 0 amide bonds. The number of rotatable bonds is 3. The van der Waals surface area contributed by atoms with E-state index in [1.54, 1.807) is 0 Å². The normalized spacial score (nSPS) is 19.1. The lowest BCUT2D eigenvalue weighted by molar-refractivity contribution is 0.197. The molecule has 2 aliphatic heterocycles. The molecule has 7 heteroatoms. The zero-order chi connectivity index (χ0) is 22.7. The molecule has 0 bridgehead atoms. The SMILES string of the molecule is Cc1noc(C)c1-c1ccc2c(c1)[C@@]1(COC(N)=N1)c1cc(OCC(C)(C)C)ccc1O2. The molecule has 2 aromatic carbocycles. The highest BCUT2D eigenvalue weighted by molar-refractivity contribution is 5.78. The zero-order valence-electron chi connectivity index (χ0n) is 19.0. The number of fused-ring (bicyclic) bond motifs is 4. The molecule has 2 N–H and O–H groups in total. The van der Waals surface area contributed by atoms with Gasteiger partial charge in [0.05, 0.1) is 12.3 Å². The van der Waals surface area contributed by atoms with Crippen molar-refractivity contribution in [3.63, 3.8) is 0 Å². The van der Waals surface area contributed by atoms with Gasteiger partial charge in [0, 0.05) is 16.7 Å². The molecule has 2 aliphatic rings. The van der Waals surface area contributed by atoms with Crippen LogP contribution in [0.4, 0.5) is 0 Å². The van der Waals surface area contributed by atoms with Crippen LogP contribution >= 0.6 is 0 Å². The number of ether oxygens (including phenoxy) is 3. The van der Waals surface area contributed by atoms with Gasteiger partial charge in [-0.2, -0.15) is 0 Å². The number of aromatic nitrogens is 1. The second-order valence-electron chi connectivity index (χ2n) is 9.62. The summed E-state index contributed by atoms with van der Waals surface area (Å²) in [7, 11) is 0. The maximum atomic E-state index is 6.27. The summed E-state index contributed by atoms with van der Waals surface area (Å²) in [5.41, 5.74) is 9.77. The summed E-state index contributed by atoms with van der Waals surface area (Å²) in [5.74, 6) is 2.95. The average molecular weight is 434 g/mol. The van der Waals surface area contributed by atoms with Gasteiger partial charge < -0.3 is 24.5 Å². The van der Waals surface area contributed by atoms with Gasteiger partial charge >= 0.3 is 0 Å². The van der Waals surface area contributed by atoms with Gasteiger partial charge in [-0.3, -0.25) is 0 Å². The molecule has 0 saturated heterocycles. The molecule has 32 heavy (non-hydrogen) atoms. The first-order chi connectivity index (χ1) is 15.2. The van der Waals surface area contributed by atoms with Crippen molar-refractivity contribution in [3.8, 4) is 28.4 Å². The van der Waals surface area contributed by atoms with E-state index >= 15 is 0 Å². The number of aliphatic imine (C=N–C) groups is 1. The van der Waals surface area contributed by atoms with E-state index in [2.05, 4.69) is 32.0 Å². The number of benzene rings is 2. The molecule has 3 aromatic rings. The van der Waals surface area contributed by atoms with E-state index in [0.29, 0.717) is 12.4 Å². The van der Waals surface area contributed by atoms with Gasteiger partial charge in [-0.1, -0.05) is 32.0 Å². The molecule has 0 radical (unpaired) electrons. The highest BCUT2D eigenvalue weighted by Gasteiger charge is 2.47. The quantitative estimate of drug-likeness (QED) is 0.619. The Kier molecular flexibility index (Phi) is 4.48. The Hall–Kier alpha value is -3.48. The molecular weight excluding hydrogens is 406 g/mol. The first-order valence-electron chi connectivity index (χ1n) is 10.7. The smallest absolute Gasteiger partial charge is 0.283 e. The highest BCUT2D eigenvalue weighted by Crippen LogP contribution is 2.52. The van der Waals surface area contributed by atoms with Crippen molar-refractivity contribution in [1.29, 1.82) is 0 Å². The lowest BCUT2D eigenvalue weighted by Crippen LogP contribution is -2.31. The van der Waals surface area contributed by atoms with Crippen LogP contribution in [-0.2, 0) is 10.3 Å². The van der Waals surface area contributed by atoms with Gasteiger partial charge in [-0.25, -0.2) is 4.99 Å². The number of hydrogen-bond donors (Lipinski definition) is 1. The molecule has 1 spiro atoms. The van der Waals surface area contributed by atoms with E-state index in [4.69, 9.17) is 29.5 Å². The third-order valence-electron chi connectivity index (χ3n) is 5.77. The van der Waals surface area contributed by atoms with Crippen LogP contribution in [0.1, 0.15) is 43.4 Å². The molecule has 5 rings (SSSR count). The average Bonchev–Trinajstić information content (AvgIpc) is 3.29. The Balaban J connectivity index is 1.65. The number of hydrogen-bond acceptors (Lipinski definition) is 7. The van der Waals surface area contributed by atoms with Crippen LogP contribution in [-0.4, -0.2) is 24.4 Å². The highest BCUT2D eigenvalue weighted by atomic mass is 16.5. The second-order valence-corrected chi connectivity index (χ2v) is 9.62. The number of amidine groups is 1. The van der Waals surface area contributed by atoms with Crippen molar-refractivity contribution in [3.05, 3.63) is 59.0 Å². The Labute approximate surface area is 187 Å². The molecule has 166 valence electrons. The summed E-state index contributed by atoms with van der Waals surface area (Å²) in [6.45, 7) is 11.1. The van der Waals surface area contributed by atoms with Crippen molar-refractivity contribution in [2.45, 2.75) is 40.2 Å². The fourth-order valence-corrected chi connectivity index (χ4v) is 4.27. The maximum absolute atomic E-state index is 6.27. The predicted molar refractivity (Wildman–Crippen MR) is 121 cm³/mol. The molecule has 0 aliphatic carbocycles. The van der Waals surface area contributed by atoms with Gasteiger partial charge in [0.1, 0.15) is 29.6 Å². The topological polar surface area (TPSA) is 92.1 Å². The molecular formula is C25H27N3O4. The molecule has 0 unspecified atom stereocenters. The molecule has 1 aromatic heterocycles. The van der Waals surface area contributed by atoms with E-state index in [9.17, 15) is 0 Å². The van der Waals surface area contributed by atoms with Gasteiger partial charge in [0.15, 0.2) is 5.54 Å². The van der Waals surface area contributed by atoms with Crippen LogP contribution in [0.2, 0.25) is 0 Å². The van der Waals surface area contributed by atoms with Crippen LogP contribution in [0.5, 0.6) is 17.2 Å². The Bertz CT molecular complexity index is 1220. The molecule has 0 saturated carbocycles. The van der Waals surface area contributed by atoms with E-state index in [1.807, 2.05) is 44.2 Å². The van der Waals surface area contributed by atoms with Gasteiger partial charge in [-0.15, -0.1) is 0 Å². The zero-order valence-corrected chi connectivity index (χ0v) is 19.0. The first-order valence-corrected chi connectivity index (χ1v) is 10.7. The van der Waals surface area contributed by atoms with Gasteiger partial charge in [-0.05, 0) is 55.2 Å². The van der Waals surface area contributed by atoms with Crippen molar-refractivity contribution in [2.24, 2.45) is 16.1 Å². The first kappa shape index (κ1) is 20.4. The van der Waals surface area contributed by atoms with Crippen molar-refractivity contribution in [1.82, 2.24) is 5.16 Å². The van der Waals surface area contributed by atoms with E-state index in [1.165, 1.54) is 0 Å².